The van der Waals surface area contributed by atoms with Gasteiger partial charge in [-0.05, 0) is 42.3 Å². The van der Waals surface area contributed by atoms with Crippen LogP contribution in [0.5, 0.6) is 0 Å². The lowest BCUT2D eigenvalue weighted by Crippen LogP contribution is -2.18. The molecule has 0 fully saturated rings. The fourth-order valence-corrected chi connectivity index (χ4v) is 2.43. The van der Waals surface area contributed by atoms with Crippen LogP contribution in [0.15, 0.2) is 47.2 Å². The largest absolute Gasteiger partial charge is 0.306 e. The third-order valence-electron chi connectivity index (χ3n) is 2.79. The molecule has 0 aliphatic carbocycles. The zero-order valence-corrected chi connectivity index (χ0v) is 11.6. The Morgan fingerprint density at radius 3 is 2.67 bits per heavy atom. The van der Waals surface area contributed by atoms with Crippen LogP contribution in [0.1, 0.15) is 24.1 Å². The summed E-state index contributed by atoms with van der Waals surface area (Å²) >= 11 is 3.38. The quantitative estimate of drug-likeness (QED) is 0.928. The van der Waals surface area contributed by atoms with Crippen molar-refractivity contribution in [3.63, 3.8) is 0 Å². The third-order valence-corrected chi connectivity index (χ3v) is 3.48. The fourth-order valence-electron chi connectivity index (χ4n) is 1.73. The van der Waals surface area contributed by atoms with Crippen LogP contribution in [-0.2, 0) is 6.54 Å². The average Bonchev–Trinajstić information content (AvgIpc) is 2.37. The van der Waals surface area contributed by atoms with Gasteiger partial charge in [-0.15, -0.1) is 0 Å². The Labute approximate surface area is 114 Å². The molecule has 1 heterocycles. The Morgan fingerprint density at radius 2 is 2.00 bits per heavy atom. The highest BCUT2D eigenvalue weighted by atomic mass is 79.9. The van der Waals surface area contributed by atoms with Crippen LogP contribution >= 0.6 is 15.9 Å². The number of nitrogens with zero attached hydrogens (tertiary/aromatic N) is 1. The Kier molecular flexibility index (Phi) is 4.44. The van der Waals surface area contributed by atoms with Gasteiger partial charge in [0.2, 0.25) is 0 Å². The van der Waals surface area contributed by atoms with Gasteiger partial charge in [0.15, 0.2) is 0 Å². The van der Waals surface area contributed by atoms with Gasteiger partial charge in [0.1, 0.15) is 5.82 Å². The van der Waals surface area contributed by atoms with E-state index in [2.05, 4.69) is 33.2 Å². The van der Waals surface area contributed by atoms with Crippen molar-refractivity contribution >= 4 is 15.9 Å². The van der Waals surface area contributed by atoms with Gasteiger partial charge >= 0.3 is 0 Å². The van der Waals surface area contributed by atoms with E-state index in [0.717, 1.165) is 16.6 Å². The van der Waals surface area contributed by atoms with E-state index in [1.54, 1.807) is 18.5 Å². The molecular weight excluding hydrogens is 295 g/mol. The van der Waals surface area contributed by atoms with E-state index in [1.807, 2.05) is 12.1 Å². The van der Waals surface area contributed by atoms with Crippen molar-refractivity contribution in [2.45, 2.75) is 19.5 Å². The van der Waals surface area contributed by atoms with Crippen molar-refractivity contribution in [2.24, 2.45) is 0 Å². The first-order valence-electron chi connectivity index (χ1n) is 5.74. The number of nitrogens with one attached hydrogen (secondary N) is 1. The molecule has 4 heteroatoms. The smallest absolute Gasteiger partial charge is 0.124 e. The van der Waals surface area contributed by atoms with E-state index >= 15 is 0 Å². The van der Waals surface area contributed by atoms with Crippen molar-refractivity contribution in [3.05, 3.63) is 64.1 Å². The summed E-state index contributed by atoms with van der Waals surface area (Å²) in [6.45, 7) is 2.81. The highest BCUT2D eigenvalue weighted by Crippen LogP contribution is 2.24. The highest BCUT2D eigenvalue weighted by Gasteiger charge is 2.09. The molecule has 2 aromatic rings. The first-order chi connectivity index (χ1) is 8.66. The van der Waals surface area contributed by atoms with Gasteiger partial charge in [-0.1, -0.05) is 22.0 Å². The van der Waals surface area contributed by atoms with Gasteiger partial charge in [-0.2, -0.15) is 0 Å². The number of aromatic nitrogens is 1. The molecule has 0 spiro atoms. The number of hydrogen-bond acceptors (Lipinski definition) is 2. The molecule has 2 rings (SSSR count). The maximum absolute atomic E-state index is 13.0. The van der Waals surface area contributed by atoms with Crippen LogP contribution in [0.2, 0.25) is 0 Å². The lowest BCUT2D eigenvalue weighted by Gasteiger charge is -2.16. The Bertz CT molecular complexity index is 516. The molecule has 1 N–H and O–H groups in total. The van der Waals surface area contributed by atoms with Crippen molar-refractivity contribution in [2.75, 3.05) is 0 Å². The minimum Gasteiger partial charge on any atom is -0.306 e. The molecule has 0 saturated heterocycles. The predicted octanol–water partition coefficient (Wildman–Crippen LogP) is 3.83. The molecule has 0 aliphatic heterocycles. The second kappa shape index (κ2) is 6.07. The molecule has 1 aromatic heterocycles. The minimum absolute atomic E-state index is 0.146. The number of hydrogen-bond donors (Lipinski definition) is 1. The van der Waals surface area contributed by atoms with Gasteiger partial charge in [-0.3, -0.25) is 4.98 Å². The van der Waals surface area contributed by atoms with E-state index in [0.29, 0.717) is 0 Å². The van der Waals surface area contributed by atoms with Gasteiger partial charge in [0.25, 0.3) is 0 Å². The molecule has 1 aromatic carbocycles. The Morgan fingerprint density at radius 1 is 1.28 bits per heavy atom. The van der Waals surface area contributed by atoms with Crippen molar-refractivity contribution < 1.29 is 4.39 Å². The molecule has 0 saturated carbocycles. The maximum Gasteiger partial charge on any atom is 0.124 e. The summed E-state index contributed by atoms with van der Waals surface area (Å²) in [6, 6.07) is 8.85. The molecule has 94 valence electrons. The zero-order chi connectivity index (χ0) is 13.0. The minimum atomic E-state index is -0.230. The normalized spacial score (nSPS) is 12.4. The van der Waals surface area contributed by atoms with E-state index < -0.39 is 0 Å². The predicted molar refractivity (Wildman–Crippen MR) is 73.6 cm³/mol. The number of benzene rings is 1. The van der Waals surface area contributed by atoms with Crippen LogP contribution in [0.3, 0.4) is 0 Å². The Balaban J connectivity index is 2.01. The van der Waals surface area contributed by atoms with Crippen molar-refractivity contribution in [1.29, 1.82) is 0 Å². The highest BCUT2D eigenvalue weighted by molar-refractivity contribution is 9.10. The van der Waals surface area contributed by atoms with Crippen LogP contribution in [0.25, 0.3) is 0 Å². The molecule has 1 unspecified atom stereocenters. The van der Waals surface area contributed by atoms with E-state index in [9.17, 15) is 4.39 Å². The standard InChI is InChI=1S/C14H14BrFN2/c1-10(13-3-2-12(16)8-14(13)15)18-9-11-4-6-17-7-5-11/h2-8,10,18H,9H2,1H3. The Hall–Kier alpha value is -1.26. The molecule has 0 aliphatic rings. The molecular formula is C14H14BrFN2. The number of rotatable bonds is 4. The number of pyridine rings is 1. The van der Waals surface area contributed by atoms with E-state index in [-0.39, 0.29) is 11.9 Å². The number of halogens is 2. The first-order valence-corrected chi connectivity index (χ1v) is 6.53. The summed E-state index contributed by atoms with van der Waals surface area (Å²) in [5.74, 6) is -0.230. The van der Waals surface area contributed by atoms with Crippen LogP contribution < -0.4 is 5.32 Å². The topological polar surface area (TPSA) is 24.9 Å². The van der Waals surface area contributed by atoms with Crippen LogP contribution in [-0.4, -0.2) is 4.98 Å². The van der Waals surface area contributed by atoms with Crippen molar-refractivity contribution in [1.82, 2.24) is 10.3 Å². The van der Waals surface area contributed by atoms with Gasteiger partial charge in [0.05, 0.1) is 0 Å². The molecule has 0 amide bonds. The second-order valence-corrected chi connectivity index (χ2v) is 4.98. The summed E-state index contributed by atoms with van der Waals surface area (Å²) in [7, 11) is 0. The summed E-state index contributed by atoms with van der Waals surface area (Å²) < 4.78 is 13.8. The summed E-state index contributed by atoms with van der Waals surface area (Å²) in [4.78, 5) is 3.98. The molecule has 0 radical (unpaired) electrons. The van der Waals surface area contributed by atoms with Gasteiger partial charge in [-0.25, -0.2) is 4.39 Å². The second-order valence-electron chi connectivity index (χ2n) is 4.12. The molecule has 18 heavy (non-hydrogen) atoms. The summed E-state index contributed by atoms with van der Waals surface area (Å²) in [5, 5.41) is 3.40. The monoisotopic (exact) mass is 308 g/mol. The summed E-state index contributed by atoms with van der Waals surface area (Å²) in [6.07, 6.45) is 3.55. The van der Waals surface area contributed by atoms with Gasteiger partial charge < -0.3 is 5.32 Å². The molecule has 2 nitrogen and oxygen atoms in total. The maximum atomic E-state index is 13.0. The molecule has 1 atom stereocenters. The third kappa shape index (κ3) is 3.37. The lowest BCUT2D eigenvalue weighted by molar-refractivity contribution is 0.568. The fraction of sp³-hybridized carbons (Fsp3) is 0.214. The van der Waals surface area contributed by atoms with Crippen molar-refractivity contribution in [3.8, 4) is 0 Å². The lowest BCUT2D eigenvalue weighted by atomic mass is 10.1. The van der Waals surface area contributed by atoms with Gasteiger partial charge in [0, 0.05) is 29.5 Å². The first kappa shape index (κ1) is 13.2. The van der Waals surface area contributed by atoms with E-state index in [1.165, 1.54) is 17.7 Å². The average molecular weight is 309 g/mol. The van der Waals surface area contributed by atoms with E-state index in [4.69, 9.17) is 0 Å². The molecule has 0 bridgehead atoms. The van der Waals surface area contributed by atoms with Crippen LogP contribution in [0, 0.1) is 5.82 Å². The van der Waals surface area contributed by atoms with Crippen LogP contribution in [0.4, 0.5) is 4.39 Å². The zero-order valence-electron chi connectivity index (χ0n) is 10.0. The SMILES string of the molecule is CC(NCc1ccncc1)c1ccc(F)cc1Br. The summed E-state index contributed by atoms with van der Waals surface area (Å²) in [5.41, 5.74) is 2.22.